The Labute approximate surface area is 202 Å². The van der Waals surface area contributed by atoms with Gasteiger partial charge in [0.15, 0.2) is 0 Å². The van der Waals surface area contributed by atoms with Crippen molar-refractivity contribution in [2.24, 2.45) is 0 Å². The number of nitrogens with one attached hydrogen (secondary N) is 1. The van der Waals surface area contributed by atoms with Crippen molar-refractivity contribution in [2.45, 2.75) is 20.4 Å². The molecule has 1 N–H and O–H groups in total. The van der Waals surface area contributed by atoms with Crippen LogP contribution in [0.5, 0.6) is 0 Å². The molecule has 0 bridgehead atoms. The number of carbonyl (C=O) groups is 1. The minimum atomic E-state index is -0.437. The molecular formula is C27H21Cl2N3O. The highest BCUT2D eigenvalue weighted by Gasteiger charge is 2.14. The van der Waals surface area contributed by atoms with Gasteiger partial charge in [0.05, 0.1) is 10.0 Å². The maximum Gasteiger partial charge on any atom is 0.266 e. The van der Waals surface area contributed by atoms with Crippen LogP contribution in [0, 0.1) is 25.2 Å². The number of halogens is 2. The summed E-state index contributed by atoms with van der Waals surface area (Å²) in [5.41, 5.74) is 5.55. The van der Waals surface area contributed by atoms with E-state index >= 15 is 0 Å². The lowest BCUT2D eigenvalue weighted by molar-refractivity contribution is -0.112. The van der Waals surface area contributed by atoms with Crippen LogP contribution in [-0.4, -0.2) is 10.5 Å². The monoisotopic (exact) mass is 473 g/mol. The summed E-state index contributed by atoms with van der Waals surface area (Å²) in [6.45, 7) is 4.49. The van der Waals surface area contributed by atoms with Crippen LogP contribution in [0.25, 0.3) is 17.0 Å². The van der Waals surface area contributed by atoms with Gasteiger partial charge in [-0.05, 0) is 60.9 Å². The van der Waals surface area contributed by atoms with Crippen LogP contribution < -0.4 is 5.32 Å². The Balaban J connectivity index is 1.69. The molecule has 0 radical (unpaired) electrons. The summed E-state index contributed by atoms with van der Waals surface area (Å²) < 4.78 is 2.07. The fourth-order valence-corrected chi connectivity index (χ4v) is 4.06. The molecular weight excluding hydrogens is 453 g/mol. The maximum absolute atomic E-state index is 12.9. The molecule has 0 unspecified atom stereocenters. The van der Waals surface area contributed by atoms with Crippen molar-refractivity contribution < 1.29 is 4.79 Å². The molecule has 0 fully saturated rings. The minimum absolute atomic E-state index is 0.0355. The Kier molecular flexibility index (Phi) is 6.55. The first kappa shape index (κ1) is 22.7. The van der Waals surface area contributed by atoms with Crippen molar-refractivity contribution in [3.63, 3.8) is 0 Å². The number of nitrogens with zero attached hydrogens (tertiary/aromatic N) is 2. The highest BCUT2D eigenvalue weighted by atomic mass is 35.5. The number of fused-ring (bicyclic) bond motifs is 1. The number of para-hydroxylation sites is 1. The lowest BCUT2D eigenvalue weighted by Crippen LogP contribution is -2.14. The molecule has 4 rings (SSSR count). The highest BCUT2D eigenvalue weighted by Crippen LogP contribution is 2.27. The third-order valence-corrected chi connectivity index (χ3v) is 6.41. The van der Waals surface area contributed by atoms with Gasteiger partial charge in [-0.15, -0.1) is 0 Å². The Morgan fingerprint density at radius 3 is 2.61 bits per heavy atom. The first-order valence-electron chi connectivity index (χ1n) is 10.4. The summed E-state index contributed by atoms with van der Waals surface area (Å²) >= 11 is 12.2. The molecule has 0 aliphatic carbocycles. The van der Waals surface area contributed by atoms with E-state index in [1.54, 1.807) is 12.1 Å². The zero-order chi connectivity index (χ0) is 23.5. The zero-order valence-corrected chi connectivity index (χ0v) is 19.7. The number of carbonyl (C=O) groups excluding carboxylic acids is 1. The van der Waals surface area contributed by atoms with Gasteiger partial charge in [0, 0.05) is 34.9 Å². The number of nitriles is 1. The van der Waals surface area contributed by atoms with Crippen LogP contribution in [0.3, 0.4) is 0 Å². The average molecular weight is 474 g/mol. The predicted molar refractivity (Wildman–Crippen MR) is 136 cm³/mol. The molecule has 4 aromatic rings. The number of aryl methyl sites for hydroxylation is 1. The smallest absolute Gasteiger partial charge is 0.266 e. The summed E-state index contributed by atoms with van der Waals surface area (Å²) in [5.74, 6) is -0.437. The van der Waals surface area contributed by atoms with E-state index in [4.69, 9.17) is 23.2 Å². The molecule has 1 aromatic heterocycles. The summed E-state index contributed by atoms with van der Waals surface area (Å²) in [6, 6.07) is 21.2. The highest BCUT2D eigenvalue weighted by molar-refractivity contribution is 6.42. The van der Waals surface area contributed by atoms with Crippen molar-refractivity contribution in [2.75, 3.05) is 5.32 Å². The van der Waals surface area contributed by atoms with Crippen molar-refractivity contribution in [1.82, 2.24) is 4.57 Å². The van der Waals surface area contributed by atoms with Gasteiger partial charge in [-0.25, -0.2) is 0 Å². The number of hydrogen-bond donors (Lipinski definition) is 1. The van der Waals surface area contributed by atoms with Crippen LogP contribution in [0.4, 0.5) is 5.69 Å². The first-order valence-corrected chi connectivity index (χ1v) is 11.1. The molecule has 0 aliphatic rings. The van der Waals surface area contributed by atoms with Gasteiger partial charge in [0.25, 0.3) is 5.91 Å². The van der Waals surface area contributed by atoms with Gasteiger partial charge in [0.2, 0.25) is 0 Å². The predicted octanol–water partition coefficient (Wildman–Crippen LogP) is 7.16. The number of anilines is 1. The van der Waals surface area contributed by atoms with E-state index in [1.165, 1.54) is 0 Å². The number of amides is 1. The van der Waals surface area contributed by atoms with Gasteiger partial charge in [-0.2, -0.15) is 5.26 Å². The van der Waals surface area contributed by atoms with Crippen LogP contribution in [0.2, 0.25) is 10.0 Å². The Morgan fingerprint density at radius 2 is 1.85 bits per heavy atom. The van der Waals surface area contributed by atoms with Crippen LogP contribution in [-0.2, 0) is 11.3 Å². The molecule has 0 atom stereocenters. The molecule has 164 valence electrons. The Morgan fingerprint density at radius 1 is 1.06 bits per heavy atom. The molecule has 0 saturated heterocycles. The zero-order valence-electron chi connectivity index (χ0n) is 18.2. The van der Waals surface area contributed by atoms with Gasteiger partial charge < -0.3 is 9.88 Å². The van der Waals surface area contributed by atoms with E-state index in [1.807, 2.05) is 80.7 Å². The topological polar surface area (TPSA) is 57.8 Å². The molecule has 0 saturated carbocycles. The van der Waals surface area contributed by atoms with Crippen molar-refractivity contribution >= 4 is 51.8 Å². The van der Waals surface area contributed by atoms with Gasteiger partial charge in [-0.3, -0.25) is 4.79 Å². The normalized spacial score (nSPS) is 11.4. The number of benzene rings is 3. The Hall–Kier alpha value is -3.52. The average Bonchev–Trinajstić information content (AvgIpc) is 3.15. The van der Waals surface area contributed by atoms with E-state index in [0.29, 0.717) is 22.3 Å². The number of hydrogen-bond acceptors (Lipinski definition) is 2. The van der Waals surface area contributed by atoms with E-state index in [-0.39, 0.29) is 5.57 Å². The van der Waals surface area contributed by atoms with E-state index in [9.17, 15) is 10.1 Å². The second-order valence-corrected chi connectivity index (χ2v) is 8.66. The molecule has 3 aromatic carbocycles. The fourth-order valence-electron chi connectivity index (χ4n) is 3.74. The van der Waals surface area contributed by atoms with Crippen LogP contribution in [0.1, 0.15) is 22.3 Å². The van der Waals surface area contributed by atoms with Crippen LogP contribution in [0.15, 0.2) is 72.4 Å². The van der Waals surface area contributed by atoms with Gasteiger partial charge >= 0.3 is 0 Å². The SMILES string of the molecule is Cc1cccc(NC(=O)/C(C#N)=C/c2cn(Cc3ccc(Cl)c(Cl)c3)c3ccccc23)c1C. The van der Waals surface area contributed by atoms with Crippen molar-refractivity contribution in [3.05, 3.63) is 105 Å². The second kappa shape index (κ2) is 9.54. The molecule has 33 heavy (non-hydrogen) atoms. The van der Waals surface area contributed by atoms with E-state index in [2.05, 4.69) is 9.88 Å². The summed E-state index contributed by atoms with van der Waals surface area (Å²) in [4.78, 5) is 12.9. The lowest BCUT2D eigenvalue weighted by atomic mass is 10.1. The maximum atomic E-state index is 12.9. The van der Waals surface area contributed by atoms with Crippen LogP contribution >= 0.6 is 23.2 Å². The minimum Gasteiger partial charge on any atom is -0.342 e. The molecule has 1 amide bonds. The Bertz CT molecular complexity index is 1440. The van der Waals surface area contributed by atoms with Crippen molar-refractivity contribution in [3.8, 4) is 6.07 Å². The number of aromatic nitrogens is 1. The van der Waals surface area contributed by atoms with E-state index < -0.39 is 5.91 Å². The third-order valence-electron chi connectivity index (χ3n) is 5.67. The van der Waals surface area contributed by atoms with E-state index in [0.717, 1.165) is 33.2 Å². The first-order chi connectivity index (χ1) is 15.9. The second-order valence-electron chi connectivity index (χ2n) is 7.85. The fraction of sp³-hybridized carbons (Fsp3) is 0.111. The standard InChI is InChI=1S/C27H21Cl2N3O/c1-17-6-5-8-25(18(17)2)31-27(33)20(14-30)13-21-16-32(26-9-4-3-7-22(21)26)15-19-10-11-23(28)24(29)12-19/h3-13,16H,15H2,1-2H3,(H,31,33)/b20-13+. The summed E-state index contributed by atoms with van der Waals surface area (Å²) in [5, 5.41) is 14.5. The molecule has 0 spiro atoms. The quantitative estimate of drug-likeness (QED) is 0.247. The molecule has 0 aliphatic heterocycles. The molecule has 6 heteroatoms. The summed E-state index contributed by atoms with van der Waals surface area (Å²) in [7, 11) is 0. The lowest BCUT2D eigenvalue weighted by Gasteiger charge is -2.09. The summed E-state index contributed by atoms with van der Waals surface area (Å²) in [6.07, 6.45) is 3.57. The van der Waals surface area contributed by atoms with Crippen molar-refractivity contribution in [1.29, 1.82) is 5.26 Å². The largest absolute Gasteiger partial charge is 0.342 e. The third kappa shape index (κ3) is 4.80. The number of rotatable bonds is 5. The molecule has 1 heterocycles. The van der Waals surface area contributed by atoms with Gasteiger partial charge in [0.1, 0.15) is 11.6 Å². The molecule has 4 nitrogen and oxygen atoms in total. The van der Waals surface area contributed by atoms with Gasteiger partial charge in [-0.1, -0.05) is 59.6 Å².